The summed E-state index contributed by atoms with van der Waals surface area (Å²) in [5, 5.41) is 10.2. The van der Waals surface area contributed by atoms with E-state index in [0.29, 0.717) is 10.8 Å². The number of hydrogen-bond acceptors (Lipinski definition) is 1. The van der Waals surface area contributed by atoms with Crippen molar-refractivity contribution < 1.29 is 5.11 Å². The van der Waals surface area contributed by atoms with Gasteiger partial charge >= 0.3 is 0 Å². The Morgan fingerprint density at radius 2 is 1.68 bits per heavy atom. The van der Waals surface area contributed by atoms with Crippen molar-refractivity contribution in [2.75, 3.05) is 0 Å². The topological polar surface area (TPSA) is 20.2 Å². The first-order valence-corrected chi connectivity index (χ1v) is 12.6. The second-order valence-electron chi connectivity index (χ2n) is 12.2. The van der Waals surface area contributed by atoms with E-state index >= 15 is 0 Å². The summed E-state index contributed by atoms with van der Waals surface area (Å²) in [6.07, 6.45) is 17.2. The van der Waals surface area contributed by atoms with E-state index in [0.717, 1.165) is 48.3 Å². The average Bonchev–Trinajstić information content (AvgIpc) is 2.99. The summed E-state index contributed by atoms with van der Waals surface area (Å²) >= 11 is 0. The second kappa shape index (κ2) is 7.75. The van der Waals surface area contributed by atoms with Crippen LogP contribution in [0.4, 0.5) is 0 Å². The van der Waals surface area contributed by atoms with Crippen LogP contribution in [0, 0.1) is 46.3 Å². The van der Waals surface area contributed by atoms with Crippen molar-refractivity contribution in [1.29, 1.82) is 0 Å². The van der Waals surface area contributed by atoms with Crippen LogP contribution < -0.4 is 0 Å². The Morgan fingerprint density at radius 1 is 0.964 bits per heavy atom. The summed E-state index contributed by atoms with van der Waals surface area (Å²) in [6, 6.07) is 0. The highest BCUT2D eigenvalue weighted by Gasteiger charge is 2.58. The number of fused-ring (bicyclic) bond motifs is 5. The molecule has 0 aromatic rings. The van der Waals surface area contributed by atoms with E-state index in [2.05, 4.69) is 40.7 Å². The maximum Gasteiger partial charge on any atom is 0.0543 e. The molecule has 4 aliphatic carbocycles. The van der Waals surface area contributed by atoms with E-state index in [1.807, 2.05) is 5.57 Å². The minimum atomic E-state index is -0.0376. The predicted octanol–water partition coefficient (Wildman–Crippen LogP) is 7.39. The van der Waals surface area contributed by atoms with Crippen LogP contribution in [0.1, 0.15) is 105 Å². The Morgan fingerprint density at radius 3 is 2.43 bits per heavy atom. The highest BCUT2D eigenvalue weighted by atomic mass is 16.3. The molecule has 4 rings (SSSR count). The number of allylic oxidation sites excluding steroid dienone is 2. The predicted molar refractivity (Wildman–Crippen MR) is 119 cm³/mol. The Kier molecular flexibility index (Phi) is 5.80. The average molecular weight is 387 g/mol. The van der Waals surface area contributed by atoms with Gasteiger partial charge in [0, 0.05) is 0 Å². The molecule has 0 bridgehead atoms. The van der Waals surface area contributed by atoms with Gasteiger partial charge in [0.2, 0.25) is 0 Å². The second-order valence-corrected chi connectivity index (χ2v) is 12.2. The zero-order valence-corrected chi connectivity index (χ0v) is 19.3. The number of aliphatic hydroxyl groups excluding tert-OH is 1. The molecule has 0 amide bonds. The van der Waals surface area contributed by atoms with Gasteiger partial charge in [-0.05, 0) is 97.7 Å². The van der Waals surface area contributed by atoms with Crippen LogP contribution in [0.2, 0.25) is 0 Å². The lowest BCUT2D eigenvalue weighted by molar-refractivity contribution is -0.0427. The summed E-state index contributed by atoms with van der Waals surface area (Å²) < 4.78 is 0. The van der Waals surface area contributed by atoms with E-state index in [-0.39, 0.29) is 6.10 Å². The van der Waals surface area contributed by atoms with Crippen LogP contribution in [0.5, 0.6) is 0 Å². The fourth-order valence-corrected chi connectivity index (χ4v) is 8.51. The van der Waals surface area contributed by atoms with Gasteiger partial charge in [-0.25, -0.2) is 0 Å². The minimum Gasteiger partial charge on any atom is -0.393 e. The maximum atomic E-state index is 10.2. The van der Waals surface area contributed by atoms with E-state index in [4.69, 9.17) is 0 Å². The molecule has 8 atom stereocenters. The molecule has 1 heteroatoms. The molecule has 1 N–H and O–H groups in total. The van der Waals surface area contributed by atoms with Crippen molar-refractivity contribution in [2.24, 2.45) is 46.3 Å². The van der Waals surface area contributed by atoms with Gasteiger partial charge in [0.25, 0.3) is 0 Å². The first kappa shape index (κ1) is 21.0. The lowest BCUT2D eigenvalue weighted by Crippen LogP contribution is -2.49. The Bertz CT molecular complexity index is 591. The van der Waals surface area contributed by atoms with Gasteiger partial charge in [0.15, 0.2) is 0 Å². The number of aliphatic hydroxyl groups is 1. The molecule has 0 spiro atoms. The van der Waals surface area contributed by atoms with Gasteiger partial charge in [-0.15, -0.1) is 0 Å². The van der Waals surface area contributed by atoms with Gasteiger partial charge in [0.1, 0.15) is 0 Å². The fourth-order valence-electron chi connectivity index (χ4n) is 8.51. The fraction of sp³-hybridized carbons (Fsp3) is 0.926. The molecule has 0 unspecified atom stereocenters. The molecule has 4 aliphatic rings. The number of hydrogen-bond donors (Lipinski definition) is 1. The van der Waals surface area contributed by atoms with Crippen molar-refractivity contribution in [1.82, 2.24) is 0 Å². The molecular weight excluding hydrogens is 340 g/mol. The summed E-state index contributed by atoms with van der Waals surface area (Å²) in [4.78, 5) is 0. The van der Waals surface area contributed by atoms with Crippen LogP contribution in [-0.2, 0) is 0 Å². The van der Waals surface area contributed by atoms with E-state index in [1.54, 1.807) is 0 Å². The van der Waals surface area contributed by atoms with Gasteiger partial charge in [-0.3, -0.25) is 0 Å². The lowest BCUT2D eigenvalue weighted by atomic mass is 9.47. The molecule has 28 heavy (non-hydrogen) atoms. The molecule has 3 saturated carbocycles. The minimum absolute atomic E-state index is 0.0376. The smallest absolute Gasteiger partial charge is 0.0543 e. The van der Waals surface area contributed by atoms with Crippen molar-refractivity contribution in [3.8, 4) is 0 Å². The van der Waals surface area contributed by atoms with Crippen LogP contribution in [0.15, 0.2) is 11.6 Å². The third-order valence-electron chi connectivity index (χ3n) is 10.3. The van der Waals surface area contributed by atoms with Crippen LogP contribution in [0.3, 0.4) is 0 Å². The zero-order chi connectivity index (χ0) is 20.1. The van der Waals surface area contributed by atoms with Crippen molar-refractivity contribution in [3.63, 3.8) is 0 Å². The Balaban J connectivity index is 1.50. The molecule has 0 aromatic heterocycles. The molecule has 0 radical (unpaired) electrons. The highest BCUT2D eigenvalue weighted by Crippen LogP contribution is 2.66. The van der Waals surface area contributed by atoms with Crippen LogP contribution >= 0.6 is 0 Å². The van der Waals surface area contributed by atoms with E-state index < -0.39 is 0 Å². The Labute approximate surface area is 174 Å². The highest BCUT2D eigenvalue weighted by molar-refractivity contribution is 5.27. The molecule has 3 fully saturated rings. The molecule has 0 saturated heterocycles. The van der Waals surface area contributed by atoms with Gasteiger partial charge in [-0.2, -0.15) is 0 Å². The first-order chi connectivity index (χ1) is 13.3. The zero-order valence-electron chi connectivity index (χ0n) is 19.3. The molecule has 1 nitrogen and oxygen atoms in total. The molecule has 0 heterocycles. The maximum absolute atomic E-state index is 10.2. The first-order valence-electron chi connectivity index (χ1n) is 12.6. The summed E-state index contributed by atoms with van der Waals surface area (Å²) in [7, 11) is 0. The molecule has 160 valence electrons. The van der Waals surface area contributed by atoms with Crippen molar-refractivity contribution in [3.05, 3.63) is 11.6 Å². The molecule has 0 aromatic carbocycles. The van der Waals surface area contributed by atoms with E-state index in [9.17, 15) is 5.11 Å². The van der Waals surface area contributed by atoms with Crippen molar-refractivity contribution in [2.45, 2.75) is 111 Å². The standard InChI is InChI=1S/C27H46O/c1-18(2)7-6-8-19(3)23-11-12-24-22-10-9-20-17-21(28)13-15-26(20,4)25(22)14-16-27(23,24)5/h10,18-21,23-25,28H,6-9,11-17H2,1-5H3/t19-,20+,21-,23+,24-,25-,26+,27-/m1/s1. The van der Waals surface area contributed by atoms with Gasteiger partial charge < -0.3 is 5.11 Å². The third-order valence-corrected chi connectivity index (χ3v) is 10.3. The third kappa shape index (κ3) is 3.42. The summed E-state index contributed by atoms with van der Waals surface area (Å²) in [5.41, 5.74) is 2.89. The van der Waals surface area contributed by atoms with Crippen LogP contribution in [-0.4, -0.2) is 11.2 Å². The summed E-state index contributed by atoms with van der Waals surface area (Å²) in [6.45, 7) is 12.6. The Hall–Kier alpha value is -0.300. The monoisotopic (exact) mass is 386 g/mol. The van der Waals surface area contributed by atoms with E-state index in [1.165, 1.54) is 57.8 Å². The van der Waals surface area contributed by atoms with Crippen LogP contribution in [0.25, 0.3) is 0 Å². The quantitative estimate of drug-likeness (QED) is 0.488. The SMILES string of the molecule is CC(C)CCC[C@@H](C)[C@@H]1CC[C@@H]2C3=CC[C@H]4C[C@H](O)CC[C@]4(C)[C@@H]3CC[C@@]21C. The summed E-state index contributed by atoms with van der Waals surface area (Å²) in [5.74, 6) is 5.07. The lowest BCUT2D eigenvalue weighted by Gasteiger charge is -2.57. The molecular formula is C27H46O. The van der Waals surface area contributed by atoms with Crippen molar-refractivity contribution >= 4 is 0 Å². The largest absolute Gasteiger partial charge is 0.393 e. The molecule has 0 aliphatic heterocycles. The van der Waals surface area contributed by atoms with Gasteiger partial charge in [0.05, 0.1) is 6.10 Å². The van der Waals surface area contributed by atoms with Gasteiger partial charge in [-0.1, -0.05) is 65.5 Å². The number of rotatable bonds is 5. The normalized spacial score (nSPS) is 46.5.